The molecule has 0 aliphatic heterocycles. The van der Waals surface area contributed by atoms with Crippen LogP contribution in [0.2, 0.25) is 10.0 Å². The zero-order valence-corrected chi connectivity index (χ0v) is 11.2. The molecule has 0 radical (unpaired) electrons. The summed E-state index contributed by atoms with van der Waals surface area (Å²) in [6.07, 6.45) is 0.413. The van der Waals surface area contributed by atoms with E-state index < -0.39 is 5.92 Å². The van der Waals surface area contributed by atoms with Crippen LogP contribution in [0.3, 0.4) is 0 Å². The third kappa shape index (κ3) is 3.78. The lowest BCUT2D eigenvalue weighted by molar-refractivity contribution is -0.118. The second kappa shape index (κ2) is 6.47. The Bertz CT molecular complexity index is 457. The molecule has 0 saturated carbocycles. The number of nitrogens with one attached hydrogen (secondary N) is 1. The van der Waals surface area contributed by atoms with Gasteiger partial charge in [0.15, 0.2) is 5.84 Å². The zero-order chi connectivity index (χ0) is 13.7. The molecule has 7 heteroatoms. The number of amidine groups is 1. The van der Waals surface area contributed by atoms with E-state index in [4.69, 9.17) is 34.1 Å². The van der Waals surface area contributed by atoms with Crippen molar-refractivity contribution < 1.29 is 10.0 Å². The summed E-state index contributed by atoms with van der Waals surface area (Å²) in [6.45, 7) is 1.76. The fourth-order valence-electron chi connectivity index (χ4n) is 1.45. The molecule has 0 bridgehead atoms. The molecule has 18 heavy (non-hydrogen) atoms. The average Bonchev–Trinajstić information content (AvgIpc) is 2.28. The first kappa shape index (κ1) is 14.6. The Morgan fingerprint density at radius 3 is 2.44 bits per heavy atom. The van der Waals surface area contributed by atoms with Crippen LogP contribution in [0.4, 0.5) is 5.69 Å². The molecule has 1 aromatic rings. The molecule has 0 aromatic heterocycles. The van der Waals surface area contributed by atoms with Gasteiger partial charge in [0.25, 0.3) is 0 Å². The van der Waals surface area contributed by atoms with E-state index in [2.05, 4.69) is 10.5 Å². The summed E-state index contributed by atoms with van der Waals surface area (Å²) in [4.78, 5) is 11.9. The number of benzene rings is 1. The average molecular weight is 290 g/mol. The van der Waals surface area contributed by atoms with Gasteiger partial charge in [0.2, 0.25) is 5.91 Å². The summed E-state index contributed by atoms with van der Waals surface area (Å²) >= 11 is 11.6. The summed E-state index contributed by atoms with van der Waals surface area (Å²) in [5, 5.41) is 14.9. The van der Waals surface area contributed by atoms with Gasteiger partial charge in [-0.05, 0) is 24.6 Å². The molecule has 0 heterocycles. The Balaban J connectivity index is 2.86. The summed E-state index contributed by atoms with van der Waals surface area (Å²) in [5.74, 6) is -1.22. The molecule has 1 amide bonds. The topological polar surface area (TPSA) is 87.7 Å². The molecule has 0 aliphatic carbocycles. The van der Waals surface area contributed by atoms with Crippen LogP contribution in [0, 0.1) is 5.92 Å². The maximum Gasteiger partial charge on any atom is 0.235 e. The minimum atomic E-state index is -0.701. The van der Waals surface area contributed by atoms with E-state index in [0.717, 1.165) is 0 Å². The maximum atomic E-state index is 11.9. The molecule has 1 unspecified atom stereocenters. The molecule has 98 valence electrons. The number of oxime groups is 1. The molecule has 5 nitrogen and oxygen atoms in total. The van der Waals surface area contributed by atoms with Crippen molar-refractivity contribution in [1.29, 1.82) is 0 Å². The van der Waals surface area contributed by atoms with E-state index in [1.165, 1.54) is 0 Å². The van der Waals surface area contributed by atoms with Crippen LogP contribution in [-0.4, -0.2) is 17.0 Å². The first-order valence-electron chi connectivity index (χ1n) is 5.22. The predicted molar refractivity (Wildman–Crippen MR) is 72.3 cm³/mol. The number of carbonyl (C=O) groups is 1. The predicted octanol–water partition coefficient (Wildman–Crippen LogP) is 2.70. The normalized spacial score (nSPS) is 13.2. The van der Waals surface area contributed by atoms with Gasteiger partial charge >= 0.3 is 0 Å². The third-order valence-corrected chi connectivity index (χ3v) is 2.76. The molecule has 0 spiro atoms. The summed E-state index contributed by atoms with van der Waals surface area (Å²) in [5.41, 5.74) is 5.89. The van der Waals surface area contributed by atoms with E-state index in [1.54, 1.807) is 25.1 Å². The Hall–Kier alpha value is -1.46. The maximum absolute atomic E-state index is 11.9. The van der Waals surface area contributed by atoms with Crippen LogP contribution in [0.15, 0.2) is 23.4 Å². The number of carbonyl (C=O) groups excluding carboxylic acids is 1. The Morgan fingerprint density at radius 2 is 2.00 bits per heavy atom. The number of hydrogen-bond acceptors (Lipinski definition) is 3. The molecule has 1 atom stereocenters. The summed E-state index contributed by atoms with van der Waals surface area (Å²) < 4.78 is 0. The van der Waals surface area contributed by atoms with Gasteiger partial charge in [-0.1, -0.05) is 35.3 Å². The third-order valence-electron chi connectivity index (χ3n) is 2.33. The van der Waals surface area contributed by atoms with Gasteiger partial charge in [-0.25, -0.2) is 0 Å². The van der Waals surface area contributed by atoms with Crippen molar-refractivity contribution in [3.05, 3.63) is 28.2 Å². The van der Waals surface area contributed by atoms with Gasteiger partial charge in [0.1, 0.15) is 0 Å². The largest absolute Gasteiger partial charge is 0.409 e. The number of amides is 1. The van der Waals surface area contributed by atoms with E-state index in [-0.39, 0.29) is 11.7 Å². The fraction of sp³-hybridized carbons (Fsp3) is 0.273. The van der Waals surface area contributed by atoms with Crippen molar-refractivity contribution >= 4 is 40.6 Å². The van der Waals surface area contributed by atoms with Crippen LogP contribution in [0.1, 0.15) is 13.3 Å². The molecule has 0 fully saturated rings. The van der Waals surface area contributed by atoms with Crippen molar-refractivity contribution in [3.63, 3.8) is 0 Å². The van der Waals surface area contributed by atoms with Crippen LogP contribution in [-0.2, 0) is 4.79 Å². The van der Waals surface area contributed by atoms with Crippen molar-refractivity contribution in [2.45, 2.75) is 13.3 Å². The number of rotatable bonds is 4. The van der Waals surface area contributed by atoms with Crippen LogP contribution < -0.4 is 11.1 Å². The van der Waals surface area contributed by atoms with Crippen LogP contribution >= 0.6 is 23.2 Å². The minimum absolute atomic E-state index is 0.136. The Kier molecular flexibility index (Phi) is 5.25. The highest BCUT2D eigenvalue weighted by Crippen LogP contribution is 2.23. The van der Waals surface area contributed by atoms with E-state index in [1.807, 2.05) is 0 Å². The molecule has 1 rings (SSSR count). The summed E-state index contributed by atoms with van der Waals surface area (Å²) in [7, 11) is 0. The fourth-order valence-corrected chi connectivity index (χ4v) is 1.98. The highest BCUT2D eigenvalue weighted by atomic mass is 35.5. The first-order chi connectivity index (χ1) is 8.47. The number of halogens is 2. The van der Waals surface area contributed by atoms with Crippen molar-refractivity contribution in [2.75, 3.05) is 5.32 Å². The second-order valence-electron chi connectivity index (χ2n) is 3.63. The monoisotopic (exact) mass is 289 g/mol. The number of nitrogens with two attached hydrogens (primary N) is 1. The van der Waals surface area contributed by atoms with Crippen LogP contribution in [0.5, 0.6) is 0 Å². The van der Waals surface area contributed by atoms with E-state index >= 15 is 0 Å². The molecule has 0 aliphatic rings. The quantitative estimate of drug-likeness (QED) is 0.345. The highest BCUT2D eigenvalue weighted by molar-refractivity contribution is 6.35. The minimum Gasteiger partial charge on any atom is -0.409 e. The van der Waals surface area contributed by atoms with Gasteiger partial charge < -0.3 is 16.3 Å². The first-order valence-corrected chi connectivity index (χ1v) is 5.98. The van der Waals surface area contributed by atoms with Crippen molar-refractivity contribution in [1.82, 2.24) is 0 Å². The number of hydrogen-bond donors (Lipinski definition) is 3. The lowest BCUT2D eigenvalue weighted by atomic mass is 10.0. The van der Waals surface area contributed by atoms with Gasteiger partial charge in [0.05, 0.1) is 5.92 Å². The standard InChI is InChI=1S/C11H13Cl2N3O2/c1-2-9(10(14)16-18)11(17)15-8-4-6(12)3-7(13)5-8/h3-5,9,18H,2H2,1H3,(H2,14,16)(H,15,17). The van der Waals surface area contributed by atoms with E-state index in [0.29, 0.717) is 22.2 Å². The molecule has 0 saturated heterocycles. The van der Waals surface area contributed by atoms with Gasteiger partial charge in [-0.3, -0.25) is 4.79 Å². The van der Waals surface area contributed by atoms with Crippen molar-refractivity contribution in [2.24, 2.45) is 16.8 Å². The molecular formula is C11H13Cl2N3O2. The smallest absolute Gasteiger partial charge is 0.235 e. The lowest BCUT2D eigenvalue weighted by Gasteiger charge is -2.13. The summed E-state index contributed by atoms with van der Waals surface area (Å²) in [6, 6.07) is 4.67. The highest BCUT2D eigenvalue weighted by Gasteiger charge is 2.21. The lowest BCUT2D eigenvalue weighted by Crippen LogP contribution is -2.34. The Labute approximate surface area is 115 Å². The molecule has 4 N–H and O–H groups in total. The Morgan fingerprint density at radius 1 is 1.44 bits per heavy atom. The van der Waals surface area contributed by atoms with Gasteiger partial charge in [-0.2, -0.15) is 0 Å². The van der Waals surface area contributed by atoms with E-state index in [9.17, 15) is 4.79 Å². The van der Waals surface area contributed by atoms with Crippen molar-refractivity contribution in [3.8, 4) is 0 Å². The molecule has 1 aromatic carbocycles. The zero-order valence-electron chi connectivity index (χ0n) is 9.65. The SMILES string of the molecule is CCC(C(=O)Nc1cc(Cl)cc(Cl)c1)C(N)=NO. The number of nitrogens with zero attached hydrogens (tertiary/aromatic N) is 1. The second-order valence-corrected chi connectivity index (χ2v) is 4.51. The molecular weight excluding hydrogens is 277 g/mol. The van der Waals surface area contributed by atoms with Crippen LogP contribution in [0.25, 0.3) is 0 Å². The van der Waals surface area contributed by atoms with Gasteiger partial charge in [0, 0.05) is 15.7 Å². The number of anilines is 1. The van der Waals surface area contributed by atoms with Gasteiger partial charge in [-0.15, -0.1) is 0 Å².